The van der Waals surface area contributed by atoms with Crippen LogP contribution in [0.2, 0.25) is 0 Å². The van der Waals surface area contributed by atoms with Crippen molar-refractivity contribution in [2.75, 3.05) is 16.8 Å². The molecule has 5 nitrogen and oxygen atoms in total. The molecule has 1 unspecified atom stereocenters. The van der Waals surface area contributed by atoms with Gasteiger partial charge in [0.2, 0.25) is 11.8 Å². The number of hydrogen-bond acceptors (Lipinski definition) is 3. The maximum atomic E-state index is 12.4. The third-order valence-corrected chi connectivity index (χ3v) is 3.90. The van der Waals surface area contributed by atoms with Gasteiger partial charge in [-0.15, -0.1) is 13.2 Å². The summed E-state index contributed by atoms with van der Waals surface area (Å²) in [4.78, 5) is 26.1. The summed E-state index contributed by atoms with van der Waals surface area (Å²) in [6, 6.07) is 14.0. The predicted octanol–water partition coefficient (Wildman–Crippen LogP) is 3.58. The van der Waals surface area contributed by atoms with Crippen LogP contribution in [0.15, 0.2) is 54.6 Å². The van der Waals surface area contributed by atoms with Gasteiger partial charge < -0.3 is 15.0 Å². The summed E-state index contributed by atoms with van der Waals surface area (Å²) in [6.07, 6.45) is -4.77. The lowest BCUT2D eigenvalue weighted by molar-refractivity contribution is -0.274. The Balaban J connectivity index is 1.66. The van der Waals surface area contributed by atoms with Crippen molar-refractivity contribution in [3.05, 3.63) is 54.6 Å². The average molecular weight is 364 g/mol. The number of hydrogen-bond donors (Lipinski definition) is 1. The summed E-state index contributed by atoms with van der Waals surface area (Å²) in [6.45, 7) is 0.216. The normalized spacial score (nSPS) is 17.3. The molecule has 1 atom stereocenters. The maximum Gasteiger partial charge on any atom is 0.573 e. The summed E-state index contributed by atoms with van der Waals surface area (Å²) in [5.41, 5.74) is 0.871. The fourth-order valence-electron chi connectivity index (χ4n) is 2.76. The van der Waals surface area contributed by atoms with Gasteiger partial charge in [0.1, 0.15) is 5.75 Å². The SMILES string of the molecule is O=C(Nc1cccc(OC(F)(F)F)c1)C1CC(=O)N(c2ccccc2)C1. The van der Waals surface area contributed by atoms with Crippen LogP contribution in [0.4, 0.5) is 24.5 Å². The van der Waals surface area contributed by atoms with E-state index in [1.54, 1.807) is 24.3 Å². The maximum absolute atomic E-state index is 12.4. The number of nitrogens with zero attached hydrogens (tertiary/aromatic N) is 1. The van der Waals surface area contributed by atoms with Crippen molar-refractivity contribution in [3.63, 3.8) is 0 Å². The minimum atomic E-state index is -4.81. The molecule has 2 aromatic carbocycles. The topological polar surface area (TPSA) is 58.6 Å². The Hall–Kier alpha value is -3.03. The van der Waals surface area contributed by atoms with Gasteiger partial charge in [0.05, 0.1) is 5.92 Å². The number of para-hydroxylation sites is 1. The average Bonchev–Trinajstić information content (AvgIpc) is 2.96. The molecule has 0 aromatic heterocycles. The van der Waals surface area contributed by atoms with Crippen molar-refractivity contribution in [2.24, 2.45) is 5.92 Å². The number of alkyl halides is 3. The third kappa shape index (κ3) is 4.33. The molecule has 1 aliphatic rings. The van der Waals surface area contributed by atoms with Gasteiger partial charge in [-0.1, -0.05) is 24.3 Å². The first kappa shape index (κ1) is 17.8. The lowest BCUT2D eigenvalue weighted by Crippen LogP contribution is -2.28. The Labute approximate surface area is 147 Å². The van der Waals surface area contributed by atoms with E-state index in [-0.39, 0.29) is 24.6 Å². The van der Waals surface area contributed by atoms with Gasteiger partial charge in [0.15, 0.2) is 0 Å². The first-order valence-corrected chi connectivity index (χ1v) is 7.84. The van der Waals surface area contributed by atoms with Crippen LogP contribution in [-0.4, -0.2) is 24.7 Å². The molecule has 0 spiro atoms. The quantitative estimate of drug-likeness (QED) is 0.902. The Morgan fingerprint density at radius 1 is 1.12 bits per heavy atom. The minimum absolute atomic E-state index is 0.0411. The number of carbonyl (C=O) groups is 2. The fourth-order valence-corrected chi connectivity index (χ4v) is 2.76. The van der Waals surface area contributed by atoms with Crippen molar-refractivity contribution in [1.29, 1.82) is 0 Å². The first-order chi connectivity index (χ1) is 12.3. The van der Waals surface area contributed by atoms with Gasteiger partial charge >= 0.3 is 6.36 Å². The Bertz CT molecular complexity index is 809. The van der Waals surface area contributed by atoms with Crippen LogP contribution >= 0.6 is 0 Å². The second kappa shape index (κ2) is 7.07. The number of halogens is 3. The van der Waals surface area contributed by atoms with E-state index < -0.39 is 23.9 Å². The van der Waals surface area contributed by atoms with Crippen LogP contribution < -0.4 is 15.0 Å². The Morgan fingerprint density at radius 3 is 2.54 bits per heavy atom. The molecule has 1 fully saturated rings. The summed E-state index contributed by atoms with van der Waals surface area (Å²) in [7, 11) is 0. The molecular weight excluding hydrogens is 349 g/mol. The van der Waals surface area contributed by atoms with Crippen LogP contribution in [0.25, 0.3) is 0 Å². The number of benzene rings is 2. The van der Waals surface area contributed by atoms with Crippen LogP contribution in [0, 0.1) is 5.92 Å². The van der Waals surface area contributed by atoms with Crippen molar-refractivity contribution >= 4 is 23.2 Å². The number of anilines is 2. The van der Waals surface area contributed by atoms with Crippen LogP contribution in [0.3, 0.4) is 0 Å². The van der Waals surface area contributed by atoms with E-state index in [0.717, 1.165) is 12.1 Å². The second-order valence-corrected chi connectivity index (χ2v) is 5.81. The molecule has 1 N–H and O–H groups in total. The highest BCUT2D eigenvalue weighted by Crippen LogP contribution is 2.28. The lowest BCUT2D eigenvalue weighted by Gasteiger charge is -2.16. The van der Waals surface area contributed by atoms with Crippen LogP contribution in [0.5, 0.6) is 5.75 Å². The van der Waals surface area contributed by atoms with E-state index >= 15 is 0 Å². The zero-order valence-electron chi connectivity index (χ0n) is 13.5. The van der Waals surface area contributed by atoms with Crippen molar-refractivity contribution in [3.8, 4) is 5.75 Å². The molecule has 136 valence electrons. The number of carbonyl (C=O) groups excluding carboxylic acids is 2. The molecule has 8 heteroatoms. The van der Waals surface area contributed by atoms with Gasteiger partial charge in [0.25, 0.3) is 0 Å². The highest BCUT2D eigenvalue weighted by Gasteiger charge is 2.35. The molecule has 0 radical (unpaired) electrons. The third-order valence-electron chi connectivity index (χ3n) is 3.90. The van der Waals surface area contributed by atoms with Crippen LogP contribution in [0.1, 0.15) is 6.42 Å². The number of nitrogens with one attached hydrogen (secondary N) is 1. The standard InChI is InChI=1S/C18H15F3N2O3/c19-18(20,21)26-15-8-4-5-13(10-15)22-17(25)12-9-16(24)23(11-12)14-6-2-1-3-7-14/h1-8,10,12H,9,11H2,(H,22,25). The molecule has 2 aromatic rings. The van der Waals surface area contributed by atoms with Crippen LogP contribution in [-0.2, 0) is 9.59 Å². The van der Waals surface area contributed by atoms with Gasteiger partial charge in [-0.2, -0.15) is 0 Å². The molecule has 1 heterocycles. The number of rotatable bonds is 4. The molecule has 1 aliphatic heterocycles. The molecule has 26 heavy (non-hydrogen) atoms. The smallest absolute Gasteiger partial charge is 0.406 e. The number of ether oxygens (including phenoxy) is 1. The van der Waals surface area contributed by atoms with E-state index in [1.807, 2.05) is 6.07 Å². The fraction of sp³-hybridized carbons (Fsp3) is 0.222. The minimum Gasteiger partial charge on any atom is -0.406 e. The van der Waals surface area contributed by atoms with E-state index in [1.165, 1.54) is 17.0 Å². The molecular formula is C18H15F3N2O3. The van der Waals surface area contributed by atoms with Gasteiger partial charge in [0, 0.05) is 30.4 Å². The highest BCUT2D eigenvalue weighted by molar-refractivity contribution is 6.03. The zero-order valence-corrected chi connectivity index (χ0v) is 13.5. The monoisotopic (exact) mass is 364 g/mol. The summed E-state index contributed by atoms with van der Waals surface area (Å²) in [5.74, 6) is -1.62. The predicted molar refractivity (Wildman–Crippen MR) is 88.7 cm³/mol. The van der Waals surface area contributed by atoms with Crippen molar-refractivity contribution in [1.82, 2.24) is 0 Å². The summed E-state index contributed by atoms with van der Waals surface area (Å²) >= 11 is 0. The molecule has 3 rings (SSSR count). The summed E-state index contributed by atoms with van der Waals surface area (Å²) in [5, 5.41) is 2.54. The molecule has 2 amide bonds. The van der Waals surface area contributed by atoms with E-state index in [2.05, 4.69) is 10.1 Å². The lowest BCUT2D eigenvalue weighted by atomic mass is 10.1. The largest absolute Gasteiger partial charge is 0.573 e. The van der Waals surface area contributed by atoms with Gasteiger partial charge in [-0.3, -0.25) is 9.59 Å². The van der Waals surface area contributed by atoms with Gasteiger partial charge in [-0.05, 0) is 24.3 Å². The second-order valence-electron chi connectivity index (χ2n) is 5.81. The molecule has 0 aliphatic carbocycles. The Morgan fingerprint density at radius 2 is 1.85 bits per heavy atom. The van der Waals surface area contributed by atoms with Gasteiger partial charge in [-0.25, -0.2) is 0 Å². The Kier molecular flexibility index (Phi) is 4.83. The van der Waals surface area contributed by atoms with E-state index in [0.29, 0.717) is 5.69 Å². The van der Waals surface area contributed by atoms with E-state index in [4.69, 9.17) is 0 Å². The molecule has 0 saturated carbocycles. The zero-order chi connectivity index (χ0) is 18.7. The van der Waals surface area contributed by atoms with Crippen molar-refractivity contribution < 1.29 is 27.5 Å². The highest BCUT2D eigenvalue weighted by atomic mass is 19.4. The van der Waals surface area contributed by atoms with E-state index in [9.17, 15) is 22.8 Å². The molecule has 0 bridgehead atoms. The number of amides is 2. The summed E-state index contributed by atoms with van der Waals surface area (Å²) < 4.78 is 40.7. The van der Waals surface area contributed by atoms with Crippen molar-refractivity contribution in [2.45, 2.75) is 12.8 Å². The molecule has 1 saturated heterocycles. The first-order valence-electron chi connectivity index (χ1n) is 7.84.